The van der Waals surface area contributed by atoms with Crippen LogP contribution in [0.15, 0.2) is 29.2 Å². The highest BCUT2D eigenvalue weighted by Gasteiger charge is 2.29. The number of hydrogen-bond donors (Lipinski definition) is 1. The van der Waals surface area contributed by atoms with Crippen molar-refractivity contribution in [2.24, 2.45) is 0 Å². The van der Waals surface area contributed by atoms with E-state index in [1.807, 2.05) is 6.92 Å². The highest BCUT2D eigenvalue weighted by molar-refractivity contribution is 8.00. The van der Waals surface area contributed by atoms with E-state index in [0.29, 0.717) is 12.6 Å². The Morgan fingerprint density at radius 1 is 1.32 bits per heavy atom. The summed E-state index contributed by atoms with van der Waals surface area (Å²) in [7, 11) is 0. The zero-order chi connectivity index (χ0) is 13.9. The second-order valence-corrected chi connectivity index (χ2v) is 5.68. The third kappa shape index (κ3) is 4.71. The summed E-state index contributed by atoms with van der Waals surface area (Å²) >= 11 is -0.0872. The Bertz CT molecular complexity index is 407. The predicted octanol–water partition coefficient (Wildman–Crippen LogP) is 3.57. The zero-order valence-corrected chi connectivity index (χ0v) is 11.4. The Morgan fingerprint density at radius 2 is 2.00 bits per heavy atom. The van der Waals surface area contributed by atoms with Gasteiger partial charge >= 0.3 is 5.51 Å². The summed E-state index contributed by atoms with van der Waals surface area (Å²) in [5, 5.41) is 3.36. The SMILES string of the molecule is CC1OCCC1NCc1ccc(SC(F)(F)F)cc1. The third-order valence-corrected chi connectivity index (χ3v) is 3.84. The molecule has 0 amide bonds. The van der Waals surface area contributed by atoms with Crippen molar-refractivity contribution in [2.45, 2.75) is 42.4 Å². The first kappa shape index (κ1) is 14.7. The van der Waals surface area contributed by atoms with E-state index in [1.54, 1.807) is 12.1 Å². The van der Waals surface area contributed by atoms with Gasteiger partial charge in [-0.25, -0.2) is 0 Å². The van der Waals surface area contributed by atoms with Crippen LogP contribution in [0.3, 0.4) is 0 Å². The molecule has 19 heavy (non-hydrogen) atoms. The summed E-state index contributed by atoms with van der Waals surface area (Å²) < 4.78 is 42.0. The molecule has 1 N–H and O–H groups in total. The van der Waals surface area contributed by atoms with E-state index in [-0.39, 0.29) is 22.8 Å². The van der Waals surface area contributed by atoms with Crippen molar-refractivity contribution in [3.05, 3.63) is 29.8 Å². The molecule has 2 nitrogen and oxygen atoms in total. The molecule has 0 saturated carbocycles. The molecule has 1 aromatic carbocycles. The van der Waals surface area contributed by atoms with E-state index in [1.165, 1.54) is 12.1 Å². The summed E-state index contributed by atoms with van der Waals surface area (Å²) in [5.74, 6) is 0. The van der Waals surface area contributed by atoms with Gasteiger partial charge in [0, 0.05) is 24.1 Å². The lowest BCUT2D eigenvalue weighted by atomic mass is 10.1. The smallest absolute Gasteiger partial charge is 0.377 e. The van der Waals surface area contributed by atoms with Gasteiger partial charge in [0.1, 0.15) is 0 Å². The summed E-state index contributed by atoms with van der Waals surface area (Å²) in [6.45, 7) is 3.43. The van der Waals surface area contributed by atoms with Crippen LogP contribution in [0, 0.1) is 0 Å². The molecule has 0 bridgehead atoms. The van der Waals surface area contributed by atoms with Crippen molar-refractivity contribution in [3.63, 3.8) is 0 Å². The topological polar surface area (TPSA) is 21.3 Å². The number of thioether (sulfide) groups is 1. The van der Waals surface area contributed by atoms with E-state index in [2.05, 4.69) is 5.32 Å². The first-order chi connectivity index (χ1) is 8.94. The molecule has 0 aliphatic carbocycles. The Labute approximate surface area is 114 Å². The lowest BCUT2D eigenvalue weighted by Crippen LogP contribution is -2.34. The third-order valence-electron chi connectivity index (χ3n) is 3.10. The molecule has 2 unspecified atom stereocenters. The highest BCUT2D eigenvalue weighted by atomic mass is 32.2. The minimum atomic E-state index is -4.23. The van der Waals surface area contributed by atoms with Gasteiger partial charge in [-0.05, 0) is 42.8 Å². The predicted molar refractivity (Wildman–Crippen MR) is 69.0 cm³/mol. The molecule has 6 heteroatoms. The Balaban J connectivity index is 1.85. The fraction of sp³-hybridized carbons (Fsp3) is 0.538. The van der Waals surface area contributed by atoms with Crippen molar-refractivity contribution in [2.75, 3.05) is 6.61 Å². The summed E-state index contributed by atoms with van der Waals surface area (Å²) in [5.41, 5.74) is -3.25. The molecule has 1 fully saturated rings. The van der Waals surface area contributed by atoms with E-state index < -0.39 is 5.51 Å². The first-order valence-electron chi connectivity index (χ1n) is 6.14. The molecule has 0 spiro atoms. The highest BCUT2D eigenvalue weighted by Crippen LogP contribution is 2.36. The minimum Gasteiger partial charge on any atom is -0.377 e. The van der Waals surface area contributed by atoms with Crippen molar-refractivity contribution < 1.29 is 17.9 Å². The number of alkyl halides is 3. The van der Waals surface area contributed by atoms with Gasteiger partial charge in [-0.3, -0.25) is 0 Å². The van der Waals surface area contributed by atoms with Crippen molar-refractivity contribution in [1.29, 1.82) is 0 Å². The van der Waals surface area contributed by atoms with Gasteiger partial charge in [0.05, 0.1) is 6.10 Å². The molecule has 1 saturated heterocycles. The number of ether oxygens (including phenoxy) is 1. The minimum absolute atomic E-state index is 0.0872. The largest absolute Gasteiger partial charge is 0.446 e. The Kier molecular flexibility index (Phi) is 4.76. The zero-order valence-electron chi connectivity index (χ0n) is 10.5. The van der Waals surface area contributed by atoms with Gasteiger partial charge in [-0.15, -0.1) is 0 Å². The van der Waals surface area contributed by atoms with Gasteiger partial charge in [-0.2, -0.15) is 13.2 Å². The Morgan fingerprint density at radius 3 is 2.53 bits per heavy atom. The summed E-state index contributed by atoms with van der Waals surface area (Å²) in [6.07, 6.45) is 1.17. The van der Waals surface area contributed by atoms with Crippen LogP contribution >= 0.6 is 11.8 Å². The maximum atomic E-state index is 12.2. The average molecular weight is 291 g/mol. The molecule has 106 valence electrons. The van der Waals surface area contributed by atoms with E-state index in [9.17, 15) is 13.2 Å². The fourth-order valence-electron chi connectivity index (χ4n) is 2.06. The first-order valence-corrected chi connectivity index (χ1v) is 6.95. The van der Waals surface area contributed by atoms with Crippen LogP contribution in [0.5, 0.6) is 0 Å². The van der Waals surface area contributed by atoms with Crippen molar-refractivity contribution in [1.82, 2.24) is 5.32 Å². The van der Waals surface area contributed by atoms with Gasteiger partial charge in [0.25, 0.3) is 0 Å². The van der Waals surface area contributed by atoms with E-state index >= 15 is 0 Å². The van der Waals surface area contributed by atoms with Gasteiger partial charge in [0.15, 0.2) is 0 Å². The number of nitrogens with one attached hydrogen (secondary N) is 1. The molecule has 0 aromatic heterocycles. The normalized spacial score (nSPS) is 23.8. The molecule has 0 radical (unpaired) electrons. The number of halogens is 3. The Hall–Kier alpha value is -0.720. The van der Waals surface area contributed by atoms with Crippen LogP contribution < -0.4 is 5.32 Å². The molecular weight excluding hydrogens is 275 g/mol. The lowest BCUT2D eigenvalue weighted by molar-refractivity contribution is -0.0328. The second-order valence-electron chi connectivity index (χ2n) is 4.54. The maximum absolute atomic E-state index is 12.2. The quantitative estimate of drug-likeness (QED) is 0.857. The van der Waals surface area contributed by atoms with Crippen LogP contribution in [0.25, 0.3) is 0 Å². The number of benzene rings is 1. The van der Waals surface area contributed by atoms with Crippen LogP contribution in [0.2, 0.25) is 0 Å². The molecule has 1 heterocycles. The molecule has 2 rings (SSSR count). The fourth-order valence-corrected chi connectivity index (χ4v) is 2.60. The molecule has 1 aliphatic rings. The van der Waals surface area contributed by atoms with Gasteiger partial charge in [0.2, 0.25) is 0 Å². The second kappa shape index (κ2) is 6.15. The molecular formula is C13H16F3NOS. The van der Waals surface area contributed by atoms with Crippen LogP contribution in [-0.4, -0.2) is 24.3 Å². The average Bonchev–Trinajstić information content (AvgIpc) is 2.72. The van der Waals surface area contributed by atoms with Gasteiger partial charge in [-0.1, -0.05) is 12.1 Å². The standard InChI is InChI=1S/C13H16F3NOS/c1-9-12(6-7-18-9)17-8-10-2-4-11(5-3-10)19-13(14,15)16/h2-5,9,12,17H,6-8H2,1H3. The lowest BCUT2D eigenvalue weighted by Gasteiger charge is -2.16. The summed E-state index contributed by atoms with van der Waals surface area (Å²) in [6, 6.07) is 6.78. The summed E-state index contributed by atoms with van der Waals surface area (Å²) in [4.78, 5) is 0.216. The van der Waals surface area contributed by atoms with E-state index in [4.69, 9.17) is 4.74 Å². The maximum Gasteiger partial charge on any atom is 0.446 e. The van der Waals surface area contributed by atoms with Crippen LogP contribution in [0.4, 0.5) is 13.2 Å². The van der Waals surface area contributed by atoms with E-state index in [0.717, 1.165) is 18.6 Å². The molecule has 1 aromatic rings. The van der Waals surface area contributed by atoms with Crippen LogP contribution in [-0.2, 0) is 11.3 Å². The van der Waals surface area contributed by atoms with Crippen LogP contribution in [0.1, 0.15) is 18.9 Å². The molecule has 1 aliphatic heterocycles. The van der Waals surface area contributed by atoms with Crippen molar-refractivity contribution >= 4 is 11.8 Å². The van der Waals surface area contributed by atoms with Crippen molar-refractivity contribution in [3.8, 4) is 0 Å². The number of hydrogen-bond acceptors (Lipinski definition) is 3. The van der Waals surface area contributed by atoms with Gasteiger partial charge < -0.3 is 10.1 Å². The number of rotatable bonds is 4. The molecule has 2 atom stereocenters. The monoisotopic (exact) mass is 291 g/mol.